The van der Waals surface area contributed by atoms with Crippen molar-refractivity contribution in [2.75, 3.05) is 0 Å². The fourth-order valence-corrected chi connectivity index (χ4v) is 1.92. The van der Waals surface area contributed by atoms with Gasteiger partial charge in [-0.05, 0) is 25.1 Å². The standard InChI is InChI=1S/C13H10N4O2/c1-9-2-3-11(7-14-9)16-8-15-12-5-4-10(17(18)19)6-13(12)16/h2-8H,1H3. The van der Waals surface area contributed by atoms with Crippen molar-refractivity contribution in [3.05, 3.63) is 58.7 Å². The summed E-state index contributed by atoms with van der Waals surface area (Å²) in [5, 5.41) is 10.8. The van der Waals surface area contributed by atoms with Crippen molar-refractivity contribution in [3.63, 3.8) is 0 Å². The summed E-state index contributed by atoms with van der Waals surface area (Å²) >= 11 is 0. The summed E-state index contributed by atoms with van der Waals surface area (Å²) in [5.41, 5.74) is 3.20. The first kappa shape index (κ1) is 11.3. The van der Waals surface area contributed by atoms with E-state index >= 15 is 0 Å². The second-order valence-corrected chi connectivity index (χ2v) is 4.20. The van der Waals surface area contributed by atoms with Gasteiger partial charge in [-0.2, -0.15) is 0 Å². The molecule has 0 atom stereocenters. The molecule has 6 heteroatoms. The van der Waals surface area contributed by atoms with E-state index in [2.05, 4.69) is 9.97 Å². The summed E-state index contributed by atoms with van der Waals surface area (Å²) in [6.45, 7) is 1.90. The van der Waals surface area contributed by atoms with Gasteiger partial charge in [-0.25, -0.2) is 4.98 Å². The Morgan fingerprint density at radius 1 is 1.21 bits per heavy atom. The van der Waals surface area contributed by atoms with Crippen LogP contribution in [0, 0.1) is 17.0 Å². The number of non-ortho nitro benzene ring substituents is 1. The maximum atomic E-state index is 10.8. The van der Waals surface area contributed by atoms with Crippen molar-refractivity contribution < 1.29 is 4.92 Å². The van der Waals surface area contributed by atoms with Gasteiger partial charge >= 0.3 is 0 Å². The third-order valence-corrected chi connectivity index (χ3v) is 2.92. The average Bonchev–Trinajstić information content (AvgIpc) is 2.82. The van der Waals surface area contributed by atoms with Crippen molar-refractivity contribution in [2.24, 2.45) is 0 Å². The zero-order valence-electron chi connectivity index (χ0n) is 10.1. The smallest absolute Gasteiger partial charge is 0.271 e. The molecule has 0 saturated carbocycles. The Kier molecular flexibility index (Phi) is 2.49. The third-order valence-electron chi connectivity index (χ3n) is 2.92. The molecule has 0 aliphatic rings. The Labute approximate surface area is 108 Å². The Morgan fingerprint density at radius 3 is 2.74 bits per heavy atom. The Bertz CT molecular complexity index is 762. The number of aryl methyl sites for hydroxylation is 1. The molecule has 0 unspecified atom stereocenters. The van der Waals surface area contributed by atoms with E-state index in [-0.39, 0.29) is 5.69 Å². The van der Waals surface area contributed by atoms with Crippen LogP contribution in [0.1, 0.15) is 5.69 Å². The second-order valence-electron chi connectivity index (χ2n) is 4.20. The number of hydrogen-bond donors (Lipinski definition) is 0. The molecule has 0 amide bonds. The first-order valence-electron chi connectivity index (χ1n) is 5.70. The summed E-state index contributed by atoms with van der Waals surface area (Å²) < 4.78 is 1.79. The molecule has 3 rings (SSSR count). The van der Waals surface area contributed by atoms with Crippen molar-refractivity contribution in [2.45, 2.75) is 6.92 Å². The van der Waals surface area contributed by atoms with E-state index in [1.54, 1.807) is 23.2 Å². The van der Waals surface area contributed by atoms with Crippen LogP contribution in [0.25, 0.3) is 16.7 Å². The molecular weight excluding hydrogens is 244 g/mol. The minimum atomic E-state index is -0.413. The monoisotopic (exact) mass is 254 g/mol. The highest BCUT2D eigenvalue weighted by atomic mass is 16.6. The molecule has 1 aromatic carbocycles. The Balaban J connectivity index is 2.21. The van der Waals surface area contributed by atoms with Gasteiger partial charge in [-0.3, -0.25) is 19.7 Å². The summed E-state index contributed by atoms with van der Waals surface area (Å²) in [7, 11) is 0. The largest absolute Gasteiger partial charge is 0.297 e. The Hall–Kier alpha value is -2.76. The molecule has 6 nitrogen and oxygen atoms in total. The number of fused-ring (bicyclic) bond motifs is 1. The van der Waals surface area contributed by atoms with Crippen LogP contribution < -0.4 is 0 Å². The van der Waals surface area contributed by atoms with Crippen molar-refractivity contribution >= 4 is 16.7 Å². The number of nitrogens with zero attached hydrogens (tertiary/aromatic N) is 4. The molecule has 19 heavy (non-hydrogen) atoms. The van der Waals surface area contributed by atoms with Gasteiger partial charge in [0.1, 0.15) is 6.33 Å². The molecule has 0 N–H and O–H groups in total. The molecule has 0 radical (unpaired) electrons. The lowest BCUT2D eigenvalue weighted by molar-refractivity contribution is -0.384. The van der Waals surface area contributed by atoms with Crippen LogP contribution in [-0.4, -0.2) is 19.5 Å². The summed E-state index contributed by atoms with van der Waals surface area (Å²) in [6, 6.07) is 8.40. The van der Waals surface area contributed by atoms with Crippen LogP contribution in [0.5, 0.6) is 0 Å². The van der Waals surface area contributed by atoms with Gasteiger partial charge < -0.3 is 0 Å². The van der Waals surface area contributed by atoms with Gasteiger partial charge in [0.2, 0.25) is 0 Å². The van der Waals surface area contributed by atoms with Gasteiger partial charge in [0.05, 0.1) is 27.8 Å². The fourth-order valence-electron chi connectivity index (χ4n) is 1.92. The maximum Gasteiger partial charge on any atom is 0.271 e. The predicted octanol–water partition coefficient (Wildman–Crippen LogP) is 2.64. The second kappa shape index (κ2) is 4.16. The zero-order valence-corrected chi connectivity index (χ0v) is 10.1. The number of nitro groups is 1. The van der Waals surface area contributed by atoms with E-state index in [1.165, 1.54) is 12.1 Å². The molecule has 0 spiro atoms. The lowest BCUT2D eigenvalue weighted by Gasteiger charge is -2.03. The van der Waals surface area contributed by atoms with Crippen LogP contribution >= 0.6 is 0 Å². The molecule has 94 valence electrons. The highest BCUT2D eigenvalue weighted by Gasteiger charge is 2.11. The zero-order chi connectivity index (χ0) is 13.4. The third kappa shape index (κ3) is 1.93. The molecule has 0 saturated heterocycles. The van der Waals surface area contributed by atoms with E-state index in [0.717, 1.165) is 11.4 Å². The number of nitro benzene ring substituents is 1. The number of rotatable bonds is 2. The van der Waals surface area contributed by atoms with Crippen molar-refractivity contribution in [3.8, 4) is 5.69 Å². The molecule has 0 bridgehead atoms. The molecule has 0 aliphatic carbocycles. The number of hydrogen-bond acceptors (Lipinski definition) is 4. The van der Waals surface area contributed by atoms with Gasteiger partial charge in [0.15, 0.2) is 0 Å². The van der Waals surface area contributed by atoms with E-state index in [4.69, 9.17) is 0 Å². The normalized spacial score (nSPS) is 10.8. The summed E-state index contributed by atoms with van der Waals surface area (Å²) in [6.07, 6.45) is 3.36. The number of pyridine rings is 1. The maximum absolute atomic E-state index is 10.8. The van der Waals surface area contributed by atoms with Crippen LogP contribution in [0.3, 0.4) is 0 Å². The SMILES string of the molecule is Cc1ccc(-n2cnc3ccc([N+](=O)[O-])cc32)cn1. The topological polar surface area (TPSA) is 73.8 Å². The quantitative estimate of drug-likeness (QED) is 0.520. The summed E-state index contributed by atoms with van der Waals surface area (Å²) in [4.78, 5) is 18.9. The minimum Gasteiger partial charge on any atom is -0.297 e. The van der Waals surface area contributed by atoms with E-state index in [0.29, 0.717) is 11.0 Å². The van der Waals surface area contributed by atoms with Gasteiger partial charge in [0.25, 0.3) is 5.69 Å². The molecule has 2 aromatic heterocycles. The van der Waals surface area contributed by atoms with Crippen LogP contribution in [0.2, 0.25) is 0 Å². The average molecular weight is 254 g/mol. The van der Waals surface area contributed by atoms with E-state index < -0.39 is 4.92 Å². The van der Waals surface area contributed by atoms with Crippen molar-refractivity contribution in [1.29, 1.82) is 0 Å². The van der Waals surface area contributed by atoms with Gasteiger partial charge in [0, 0.05) is 17.8 Å². The number of aromatic nitrogens is 3. The first-order valence-corrected chi connectivity index (χ1v) is 5.70. The van der Waals surface area contributed by atoms with Crippen LogP contribution in [0.4, 0.5) is 5.69 Å². The van der Waals surface area contributed by atoms with E-state index in [1.807, 2.05) is 19.1 Å². The minimum absolute atomic E-state index is 0.0503. The van der Waals surface area contributed by atoms with Crippen LogP contribution in [0.15, 0.2) is 42.9 Å². The lowest BCUT2D eigenvalue weighted by Crippen LogP contribution is -1.94. The van der Waals surface area contributed by atoms with Crippen LogP contribution in [-0.2, 0) is 0 Å². The lowest BCUT2D eigenvalue weighted by atomic mass is 10.2. The molecule has 3 aromatic rings. The highest BCUT2D eigenvalue weighted by Crippen LogP contribution is 2.22. The molecule has 2 heterocycles. The summed E-state index contributed by atoms with van der Waals surface area (Å²) in [5.74, 6) is 0. The number of imidazole rings is 1. The predicted molar refractivity (Wildman–Crippen MR) is 70.3 cm³/mol. The van der Waals surface area contributed by atoms with E-state index in [9.17, 15) is 10.1 Å². The molecule has 0 fully saturated rings. The molecular formula is C13H10N4O2. The highest BCUT2D eigenvalue weighted by molar-refractivity contribution is 5.79. The van der Waals surface area contributed by atoms with Gasteiger partial charge in [-0.15, -0.1) is 0 Å². The fraction of sp³-hybridized carbons (Fsp3) is 0.0769. The number of benzene rings is 1. The van der Waals surface area contributed by atoms with Gasteiger partial charge in [-0.1, -0.05) is 0 Å². The Morgan fingerprint density at radius 2 is 2.05 bits per heavy atom. The first-order chi connectivity index (χ1) is 9.15. The van der Waals surface area contributed by atoms with Crippen molar-refractivity contribution in [1.82, 2.24) is 14.5 Å². The molecule has 0 aliphatic heterocycles.